The molecule has 2 aliphatic rings. The molecule has 0 spiro atoms. The number of hydrogen-bond donors (Lipinski definition) is 1. The van der Waals surface area contributed by atoms with Gasteiger partial charge < -0.3 is 14.6 Å². The average Bonchev–Trinajstić information content (AvgIpc) is 2.45. The van der Waals surface area contributed by atoms with Crippen molar-refractivity contribution < 1.29 is 28.7 Å². The summed E-state index contributed by atoms with van der Waals surface area (Å²) in [4.78, 5) is 27.0. The highest BCUT2D eigenvalue weighted by Crippen LogP contribution is 2.24. The Hall–Kier alpha value is -2.44. The molecule has 106 valence electrons. The summed E-state index contributed by atoms with van der Waals surface area (Å²) in [7, 11) is 3.00. The first-order valence-electron chi connectivity index (χ1n) is 6.02. The first-order chi connectivity index (χ1) is 9.56. The number of hydrogen-bond acceptors (Lipinski definition) is 5. The number of carbonyl (C=O) groups is 2. The number of aliphatic carboxylic acids is 1. The molecule has 1 N–H and O–H groups in total. The SMILES string of the molecule is COC1=CC2=NC=[N+](CCC(=O)O)C(=O)C2C=C1OC. The minimum Gasteiger partial charge on any atom is -0.493 e. The fourth-order valence-corrected chi connectivity index (χ4v) is 2.01. The average molecular weight is 279 g/mol. The maximum absolute atomic E-state index is 12.3. The van der Waals surface area contributed by atoms with Gasteiger partial charge in [0.05, 0.1) is 20.6 Å². The van der Waals surface area contributed by atoms with E-state index in [4.69, 9.17) is 14.6 Å². The van der Waals surface area contributed by atoms with Gasteiger partial charge in [-0.3, -0.25) is 4.79 Å². The Balaban J connectivity index is 2.27. The van der Waals surface area contributed by atoms with E-state index in [9.17, 15) is 9.59 Å². The number of rotatable bonds is 5. The molecule has 1 heterocycles. The monoisotopic (exact) mass is 279 g/mol. The van der Waals surface area contributed by atoms with Crippen molar-refractivity contribution in [2.45, 2.75) is 6.42 Å². The van der Waals surface area contributed by atoms with Crippen molar-refractivity contribution in [3.63, 3.8) is 0 Å². The van der Waals surface area contributed by atoms with Crippen molar-refractivity contribution in [3.8, 4) is 0 Å². The Labute approximate surface area is 115 Å². The Morgan fingerprint density at radius 1 is 1.40 bits per heavy atom. The van der Waals surface area contributed by atoms with Gasteiger partial charge in [0, 0.05) is 6.08 Å². The number of fused-ring (bicyclic) bond motifs is 1. The van der Waals surface area contributed by atoms with E-state index in [1.165, 1.54) is 25.1 Å². The Bertz CT molecular complexity index is 571. The maximum atomic E-state index is 12.3. The molecule has 0 saturated heterocycles. The van der Waals surface area contributed by atoms with Gasteiger partial charge in [0.1, 0.15) is 12.5 Å². The van der Waals surface area contributed by atoms with Gasteiger partial charge in [0.2, 0.25) is 0 Å². The van der Waals surface area contributed by atoms with Crippen LogP contribution in [0.1, 0.15) is 6.42 Å². The van der Waals surface area contributed by atoms with Crippen LogP contribution >= 0.6 is 0 Å². The lowest BCUT2D eigenvalue weighted by atomic mass is 9.94. The lowest BCUT2D eigenvalue weighted by Crippen LogP contribution is -2.38. The smallest absolute Gasteiger partial charge is 0.324 e. The van der Waals surface area contributed by atoms with Crippen LogP contribution in [-0.2, 0) is 19.1 Å². The van der Waals surface area contributed by atoms with Crippen LogP contribution in [0.5, 0.6) is 0 Å². The lowest BCUT2D eigenvalue weighted by molar-refractivity contribution is -0.447. The van der Waals surface area contributed by atoms with Gasteiger partial charge in [-0.25, -0.2) is 4.79 Å². The number of nitrogens with zero attached hydrogens (tertiary/aromatic N) is 2. The normalized spacial score (nSPS) is 21.1. The summed E-state index contributed by atoms with van der Waals surface area (Å²) >= 11 is 0. The number of carbonyl (C=O) groups excluding carboxylic acids is 1. The number of ether oxygens (including phenoxy) is 2. The number of amides is 1. The molecule has 1 aliphatic carbocycles. The van der Waals surface area contributed by atoms with Gasteiger partial charge in [0.15, 0.2) is 17.2 Å². The molecule has 0 fully saturated rings. The van der Waals surface area contributed by atoms with Crippen molar-refractivity contribution in [2.75, 3.05) is 20.8 Å². The molecule has 2 rings (SSSR count). The van der Waals surface area contributed by atoms with Crippen LogP contribution in [-0.4, -0.2) is 54.4 Å². The molecule has 0 radical (unpaired) electrons. The predicted octanol–water partition coefficient (Wildman–Crippen LogP) is 0.173. The largest absolute Gasteiger partial charge is 0.493 e. The zero-order valence-electron chi connectivity index (χ0n) is 11.2. The molecule has 20 heavy (non-hydrogen) atoms. The molecular formula is C13H15N2O5+. The van der Waals surface area contributed by atoms with E-state index in [0.29, 0.717) is 17.2 Å². The molecule has 0 saturated carbocycles. The fourth-order valence-electron chi connectivity index (χ4n) is 2.01. The van der Waals surface area contributed by atoms with Crippen molar-refractivity contribution in [1.82, 2.24) is 0 Å². The molecule has 0 aromatic heterocycles. The summed E-state index contributed by atoms with van der Waals surface area (Å²) in [6.07, 6.45) is 4.50. The highest BCUT2D eigenvalue weighted by Gasteiger charge is 2.38. The zero-order valence-corrected chi connectivity index (χ0v) is 11.2. The molecule has 7 heteroatoms. The molecule has 0 aromatic carbocycles. The van der Waals surface area contributed by atoms with Crippen LogP contribution < -0.4 is 0 Å². The summed E-state index contributed by atoms with van der Waals surface area (Å²) < 4.78 is 11.6. The quantitative estimate of drug-likeness (QED) is 0.725. The van der Waals surface area contributed by atoms with Crippen molar-refractivity contribution in [2.24, 2.45) is 10.9 Å². The van der Waals surface area contributed by atoms with Gasteiger partial charge in [-0.1, -0.05) is 4.99 Å². The fraction of sp³-hybridized carbons (Fsp3) is 0.385. The third-order valence-electron chi connectivity index (χ3n) is 3.06. The van der Waals surface area contributed by atoms with E-state index in [-0.39, 0.29) is 18.9 Å². The third kappa shape index (κ3) is 2.61. The van der Waals surface area contributed by atoms with Crippen LogP contribution in [0.15, 0.2) is 28.7 Å². The van der Waals surface area contributed by atoms with Crippen molar-refractivity contribution >= 4 is 23.9 Å². The molecule has 0 bridgehead atoms. The van der Waals surface area contributed by atoms with E-state index in [1.54, 1.807) is 12.2 Å². The highest BCUT2D eigenvalue weighted by molar-refractivity contribution is 6.14. The number of allylic oxidation sites excluding steroid dienone is 1. The summed E-state index contributed by atoms with van der Waals surface area (Å²) in [6, 6.07) is 0. The topological polar surface area (TPSA) is 88.2 Å². The first-order valence-corrected chi connectivity index (χ1v) is 6.02. The Kier molecular flexibility index (Phi) is 3.97. The standard InChI is InChI=1S/C13H14N2O5/c1-19-10-5-8-9(6-11(10)20-2)14-7-15(13(8)18)4-3-12(16)17/h5-8H,3-4H2,1-2H3/p+1. The molecular weight excluding hydrogens is 264 g/mol. The lowest BCUT2D eigenvalue weighted by Gasteiger charge is -2.19. The molecule has 7 nitrogen and oxygen atoms in total. The van der Waals surface area contributed by atoms with Gasteiger partial charge in [-0.15, -0.1) is 0 Å². The molecule has 0 aromatic rings. The number of methoxy groups -OCH3 is 2. The number of carboxylic acids is 1. The van der Waals surface area contributed by atoms with Gasteiger partial charge >= 0.3 is 11.9 Å². The number of aliphatic imine (C=N–C) groups is 1. The predicted molar refractivity (Wildman–Crippen MR) is 69.6 cm³/mol. The first kappa shape index (κ1) is 14.0. The Morgan fingerprint density at radius 3 is 2.70 bits per heavy atom. The van der Waals surface area contributed by atoms with Crippen LogP contribution in [0.3, 0.4) is 0 Å². The molecule has 1 atom stereocenters. The summed E-state index contributed by atoms with van der Waals surface area (Å²) in [5.41, 5.74) is 0.555. The summed E-state index contributed by atoms with van der Waals surface area (Å²) in [5, 5.41) is 8.66. The van der Waals surface area contributed by atoms with Crippen LogP contribution in [0.2, 0.25) is 0 Å². The van der Waals surface area contributed by atoms with Gasteiger partial charge in [0.25, 0.3) is 6.34 Å². The van der Waals surface area contributed by atoms with Crippen LogP contribution in [0, 0.1) is 5.92 Å². The minimum atomic E-state index is -0.959. The highest BCUT2D eigenvalue weighted by atomic mass is 16.5. The van der Waals surface area contributed by atoms with Gasteiger partial charge in [-0.05, 0) is 6.08 Å². The van der Waals surface area contributed by atoms with E-state index in [0.717, 1.165) is 0 Å². The van der Waals surface area contributed by atoms with Gasteiger partial charge in [-0.2, -0.15) is 4.58 Å². The molecule has 1 amide bonds. The molecule has 1 aliphatic heterocycles. The number of carboxylic acid groups (broad SMARTS) is 1. The third-order valence-corrected chi connectivity index (χ3v) is 3.06. The van der Waals surface area contributed by atoms with E-state index >= 15 is 0 Å². The summed E-state index contributed by atoms with van der Waals surface area (Å²) in [5.74, 6) is -0.785. The van der Waals surface area contributed by atoms with Crippen molar-refractivity contribution in [3.05, 3.63) is 23.7 Å². The van der Waals surface area contributed by atoms with E-state index < -0.39 is 11.9 Å². The second-order valence-corrected chi connectivity index (χ2v) is 4.27. The van der Waals surface area contributed by atoms with E-state index in [1.807, 2.05) is 0 Å². The molecule has 1 unspecified atom stereocenters. The summed E-state index contributed by atoms with van der Waals surface area (Å²) in [6.45, 7) is 0.0957. The Morgan fingerprint density at radius 2 is 2.10 bits per heavy atom. The second kappa shape index (κ2) is 5.68. The second-order valence-electron chi connectivity index (χ2n) is 4.27. The maximum Gasteiger partial charge on any atom is 0.324 e. The zero-order chi connectivity index (χ0) is 14.7. The minimum absolute atomic E-state index is 0.0957. The van der Waals surface area contributed by atoms with Crippen molar-refractivity contribution in [1.29, 1.82) is 0 Å². The van der Waals surface area contributed by atoms with Crippen LogP contribution in [0.25, 0.3) is 0 Å². The van der Waals surface area contributed by atoms with E-state index in [2.05, 4.69) is 4.99 Å². The van der Waals surface area contributed by atoms with Crippen LogP contribution in [0.4, 0.5) is 0 Å².